The van der Waals surface area contributed by atoms with Crippen LogP contribution in [0, 0.1) is 18.8 Å². The van der Waals surface area contributed by atoms with E-state index in [0.717, 1.165) is 11.3 Å². The van der Waals surface area contributed by atoms with Crippen LogP contribution in [-0.2, 0) is 9.59 Å². The van der Waals surface area contributed by atoms with Crippen LogP contribution < -0.4 is 15.5 Å². The van der Waals surface area contributed by atoms with Crippen LogP contribution in [0.2, 0.25) is 0 Å². The summed E-state index contributed by atoms with van der Waals surface area (Å²) in [6, 6.07) is 14.6. The number of hydrogen-bond acceptors (Lipinski definition) is 3. The fourth-order valence-electron chi connectivity index (χ4n) is 3.27. The molecular weight excluding hydrogens is 366 g/mol. The minimum Gasteiger partial charge on any atom is -0.352 e. The third-order valence-electron chi connectivity index (χ3n) is 4.94. The Morgan fingerprint density at radius 3 is 2.48 bits per heavy atom. The van der Waals surface area contributed by atoms with E-state index >= 15 is 0 Å². The SMILES string of the molecule is Cc1ccc(N2C[C@@H](C(=O)Nc3ccccc3C(=O)NCC(C)C)CC2=O)cc1. The van der Waals surface area contributed by atoms with Crippen LogP contribution in [-0.4, -0.2) is 30.8 Å². The molecule has 0 saturated carbocycles. The van der Waals surface area contributed by atoms with Crippen molar-refractivity contribution in [2.24, 2.45) is 11.8 Å². The number of hydrogen-bond donors (Lipinski definition) is 2. The van der Waals surface area contributed by atoms with E-state index in [9.17, 15) is 14.4 Å². The molecule has 0 unspecified atom stereocenters. The van der Waals surface area contributed by atoms with Crippen molar-refractivity contribution in [1.82, 2.24) is 5.32 Å². The molecule has 29 heavy (non-hydrogen) atoms. The highest BCUT2D eigenvalue weighted by molar-refractivity contribution is 6.07. The molecule has 1 aliphatic heterocycles. The first-order chi connectivity index (χ1) is 13.8. The van der Waals surface area contributed by atoms with Crippen LogP contribution in [0.25, 0.3) is 0 Å². The summed E-state index contributed by atoms with van der Waals surface area (Å²) in [5.74, 6) is -0.680. The maximum atomic E-state index is 12.8. The summed E-state index contributed by atoms with van der Waals surface area (Å²) in [4.78, 5) is 39.4. The number of carbonyl (C=O) groups excluding carboxylic acids is 3. The lowest BCUT2D eigenvalue weighted by atomic mass is 10.1. The number of carbonyl (C=O) groups is 3. The second kappa shape index (κ2) is 8.90. The van der Waals surface area contributed by atoms with Gasteiger partial charge in [-0.05, 0) is 37.1 Å². The van der Waals surface area contributed by atoms with E-state index in [4.69, 9.17) is 0 Å². The average molecular weight is 393 g/mol. The summed E-state index contributed by atoms with van der Waals surface area (Å²) in [7, 11) is 0. The summed E-state index contributed by atoms with van der Waals surface area (Å²) in [5, 5.41) is 5.71. The van der Waals surface area contributed by atoms with E-state index in [1.165, 1.54) is 0 Å². The average Bonchev–Trinajstić information content (AvgIpc) is 3.09. The molecule has 6 heteroatoms. The normalized spacial score (nSPS) is 16.2. The van der Waals surface area contributed by atoms with Crippen molar-refractivity contribution in [2.75, 3.05) is 23.3 Å². The van der Waals surface area contributed by atoms with Crippen molar-refractivity contribution in [3.8, 4) is 0 Å². The first kappa shape index (κ1) is 20.6. The van der Waals surface area contributed by atoms with Crippen LogP contribution in [0.5, 0.6) is 0 Å². The minimum atomic E-state index is -0.462. The van der Waals surface area contributed by atoms with Gasteiger partial charge in [0.2, 0.25) is 11.8 Å². The third-order valence-corrected chi connectivity index (χ3v) is 4.94. The van der Waals surface area contributed by atoms with Crippen LogP contribution in [0.1, 0.15) is 36.2 Å². The van der Waals surface area contributed by atoms with Gasteiger partial charge in [-0.15, -0.1) is 0 Å². The topological polar surface area (TPSA) is 78.5 Å². The first-order valence-electron chi connectivity index (χ1n) is 9.90. The van der Waals surface area contributed by atoms with Crippen molar-refractivity contribution in [1.29, 1.82) is 0 Å². The number of nitrogens with one attached hydrogen (secondary N) is 2. The minimum absolute atomic E-state index is 0.0723. The fraction of sp³-hybridized carbons (Fsp3) is 0.348. The number of para-hydroxylation sites is 1. The third kappa shape index (κ3) is 5.02. The quantitative estimate of drug-likeness (QED) is 0.790. The van der Waals surface area contributed by atoms with Crippen LogP contribution in [0.4, 0.5) is 11.4 Å². The smallest absolute Gasteiger partial charge is 0.253 e. The van der Waals surface area contributed by atoms with Gasteiger partial charge < -0.3 is 15.5 Å². The molecule has 1 saturated heterocycles. The van der Waals surface area contributed by atoms with Crippen molar-refractivity contribution in [3.63, 3.8) is 0 Å². The highest BCUT2D eigenvalue weighted by atomic mass is 16.2. The molecule has 0 bridgehead atoms. The van der Waals surface area contributed by atoms with Crippen molar-refractivity contribution in [3.05, 3.63) is 59.7 Å². The summed E-state index contributed by atoms with van der Waals surface area (Å²) < 4.78 is 0. The fourth-order valence-corrected chi connectivity index (χ4v) is 3.27. The number of benzene rings is 2. The second-order valence-corrected chi connectivity index (χ2v) is 7.88. The zero-order chi connectivity index (χ0) is 21.0. The highest BCUT2D eigenvalue weighted by Crippen LogP contribution is 2.27. The van der Waals surface area contributed by atoms with Crippen molar-refractivity contribution in [2.45, 2.75) is 27.2 Å². The van der Waals surface area contributed by atoms with E-state index in [2.05, 4.69) is 10.6 Å². The molecule has 1 fully saturated rings. The number of nitrogens with zero attached hydrogens (tertiary/aromatic N) is 1. The van der Waals surface area contributed by atoms with E-state index in [-0.39, 0.29) is 24.1 Å². The van der Waals surface area contributed by atoms with Crippen LogP contribution in [0.15, 0.2) is 48.5 Å². The van der Waals surface area contributed by atoms with Gasteiger partial charge in [-0.3, -0.25) is 14.4 Å². The first-order valence-corrected chi connectivity index (χ1v) is 9.90. The van der Waals surface area contributed by atoms with E-state index in [1.807, 2.05) is 45.0 Å². The lowest BCUT2D eigenvalue weighted by Gasteiger charge is -2.17. The van der Waals surface area contributed by atoms with E-state index in [1.54, 1.807) is 29.2 Å². The monoisotopic (exact) mass is 393 g/mol. The molecule has 2 aromatic carbocycles. The standard InChI is InChI=1S/C23H27N3O3/c1-15(2)13-24-23(29)19-6-4-5-7-20(19)25-22(28)17-12-21(27)26(14-17)18-10-8-16(3)9-11-18/h4-11,15,17H,12-14H2,1-3H3,(H,24,29)(H,25,28)/t17-/m0/s1. The van der Waals surface area contributed by atoms with Gasteiger partial charge in [-0.1, -0.05) is 43.7 Å². The Balaban J connectivity index is 1.69. The molecule has 6 nitrogen and oxygen atoms in total. The van der Waals surface area contributed by atoms with Gasteiger partial charge in [-0.25, -0.2) is 0 Å². The van der Waals surface area contributed by atoms with E-state index in [0.29, 0.717) is 30.3 Å². The van der Waals surface area contributed by atoms with Gasteiger partial charge in [0.15, 0.2) is 0 Å². The molecule has 0 aliphatic carbocycles. The van der Waals surface area contributed by atoms with Gasteiger partial charge in [0.1, 0.15) is 0 Å². The summed E-state index contributed by atoms with van der Waals surface area (Å²) in [6.07, 6.45) is 0.154. The van der Waals surface area contributed by atoms with Crippen molar-refractivity contribution < 1.29 is 14.4 Å². The molecule has 3 amide bonds. The Bertz CT molecular complexity index is 906. The maximum Gasteiger partial charge on any atom is 0.253 e. The predicted octanol–water partition coefficient (Wildman–Crippen LogP) is 3.37. The Morgan fingerprint density at radius 2 is 1.79 bits per heavy atom. The van der Waals surface area contributed by atoms with Gasteiger partial charge in [0, 0.05) is 25.2 Å². The Morgan fingerprint density at radius 1 is 1.10 bits per heavy atom. The molecule has 152 valence electrons. The number of aryl methyl sites for hydroxylation is 1. The van der Waals surface area contributed by atoms with Gasteiger partial charge in [0.25, 0.3) is 5.91 Å². The Labute approximate surface area is 171 Å². The largest absolute Gasteiger partial charge is 0.352 e. The number of rotatable bonds is 6. The zero-order valence-electron chi connectivity index (χ0n) is 17.1. The Kier molecular flexibility index (Phi) is 6.32. The van der Waals surface area contributed by atoms with Gasteiger partial charge in [0.05, 0.1) is 17.2 Å². The molecule has 2 aromatic rings. The Hall–Kier alpha value is -3.15. The molecular formula is C23H27N3O3. The number of anilines is 2. The summed E-state index contributed by atoms with van der Waals surface area (Å²) in [6.45, 7) is 6.91. The molecule has 0 aromatic heterocycles. The molecule has 1 heterocycles. The highest BCUT2D eigenvalue weighted by Gasteiger charge is 2.35. The number of amides is 3. The maximum absolute atomic E-state index is 12.8. The molecule has 0 spiro atoms. The molecule has 2 N–H and O–H groups in total. The van der Waals surface area contributed by atoms with Crippen LogP contribution >= 0.6 is 0 Å². The second-order valence-electron chi connectivity index (χ2n) is 7.88. The lowest BCUT2D eigenvalue weighted by molar-refractivity contribution is -0.122. The van der Waals surface area contributed by atoms with Gasteiger partial charge >= 0.3 is 0 Å². The molecule has 1 aliphatic rings. The lowest BCUT2D eigenvalue weighted by Crippen LogP contribution is -2.30. The van der Waals surface area contributed by atoms with Crippen LogP contribution in [0.3, 0.4) is 0 Å². The zero-order valence-corrected chi connectivity index (χ0v) is 17.1. The molecule has 3 rings (SSSR count). The predicted molar refractivity (Wildman–Crippen MR) is 114 cm³/mol. The van der Waals surface area contributed by atoms with Crippen molar-refractivity contribution >= 4 is 29.1 Å². The summed E-state index contributed by atoms with van der Waals surface area (Å²) in [5.41, 5.74) is 2.78. The molecule has 0 radical (unpaired) electrons. The summed E-state index contributed by atoms with van der Waals surface area (Å²) >= 11 is 0. The van der Waals surface area contributed by atoms with E-state index < -0.39 is 5.92 Å². The molecule has 1 atom stereocenters. The van der Waals surface area contributed by atoms with Gasteiger partial charge in [-0.2, -0.15) is 0 Å².